The molecule has 0 spiro atoms. The van der Waals surface area contributed by atoms with Crippen molar-refractivity contribution < 1.29 is 9.84 Å². The van der Waals surface area contributed by atoms with Gasteiger partial charge in [0, 0.05) is 32.2 Å². The highest BCUT2D eigenvalue weighted by molar-refractivity contribution is 4.78. The second-order valence-electron chi connectivity index (χ2n) is 6.06. The van der Waals surface area contributed by atoms with Crippen molar-refractivity contribution in [2.45, 2.75) is 39.8 Å². The molecule has 1 heterocycles. The van der Waals surface area contributed by atoms with Gasteiger partial charge in [0.1, 0.15) is 0 Å². The summed E-state index contributed by atoms with van der Waals surface area (Å²) in [5.74, 6) is 0. The third-order valence-electron chi connectivity index (χ3n) is 3.53. The molecular formula is C13H28N2O2. The zero-order valence-electron chi connectivity index (χ0n) is 11.7. The summed E-state index contributed by atoms with van der Waals surface area (Å²) in [7, 11) is 0. The van der Waals surface area contributed by atoms with E-state index in [1.165, 1.54) is 0 Å². The number of aliphatic hydroxyl groups is 1. The van der Waals surface area contributed by atoms with Crippen molar-refractivity contribution >= 4 is 0 Å². The SMILES string of the molecule is CC(NCC(O)CN1CCOCC1)C(C)(C)C. The minimum atomic E-state index is -0.294. The van der Waals surface area contributed by atoms with Gasteiger partial charge in [-0.25, -0.2) is 0 Å². The molecule has 0 aromatic heterocycles. The Bertz CT molecular complexity index is 210. The van der Waals surface area contributed by atoms with Crippen LogP contribution in [0.4, 0.5) is 0 Å². The molecule has 2 atom stereocenters. The van der Waals surface area contributed by atoms with Gasteiger partial charge in [-0.2, -0.15) is 0 Å². The fraction of sp³-hybridized carbons (Fsp3) is 1.00. The molecular weight excluding hydrogens is 216 g/mol. The third kappa shape index (κ3) is 5.82. The topological polar surface area (TPSA) is 44.7 Å². The zero-order valence-corrected chi connectivity index (χ0v) is 11.7. The normalized spacial score (nSPS) is 22.4. The van der Waals surface area contributed by atoms with Gasteiger partial charge >= 0.3 is 0 Å². The van der Waals surface area contributed by atoms with Gasteiger partial charge in [-0.05, 0) is 12.3 Å². The Morgan fingerprint density at radius 1 is 1.29 bits per heavy atom. The first-order valence-electron chi connectivity index (χ1n) is 6.61. The van der Waals surface area contributed by atoms with Crippen molar-refractivity contribution in [1.82, 2.24) is 10.2 Å². The largest absolute Gasteiger partial charge is 0.390 e. The summed E-state index contributed by atoms with van der Waals surface area (Å²) < 4.78 is 5.29. The summed E-state index contributed by atoms with van der Waals surface area (Å²) in [6, 6.07) is 0.404. The van der Waals surface area contributed by atoms with Gasteiger partial charge in [0.15, 0.2) is 0 Å². The minimum absolute atomic E-state index is 0.235. The molecule has 1 aliphatic rings. The summed E-state index contributed by atoms with van der Waals surface area (Å²) in [5.41, 5.74) is 0.235. The second kappa shape index (κ2) is 6.69. The Labute approximate surface area is 105 Å². The van der Waals surface area contributed by atoms with Crippen LogP contribution >= 0.6 is 0 Å². The number of hydrogen-bond donors (Lipinski definition) is 2. The van der Waals surface area contributed by atoms with E-state index in [-0.39, 0.29) is 11.5 Å². The highest BCUT2D eigenvalue weighted by Gasteiger charge is 2.21. The van der Waals surface area contributed by atoms with Crippen LogP contribution in [0.5, 0.6) is 0 Å². The predicted octanol–water partition coefficient (Wildman–Crippen LogP) is 0.704. The number of β-amino-alcohol motifs (C(OH)–C–C–N with tert-alkyl or cyclic N) is 1. The van der Waals surface area contributed by atoms with Crippen LogP contribution in [0, 0.1) is 5.41 Å². The predicted molar refractivity (Wildman–Crippen MR) is 70.2 cm³/mol. The molecule has 0 aromatic carbocycles. The van der Waals surface area contributed by atoms with E-state index in [9.17, 15) is 5.11 Å². The monoisotopic (exact) mass is 244 g/mol. The van der Waals surface area contributed by atoms with E-state index in [2.05, 4.69) is 37.9 Å². The maximum atomic E-state index is 9.97. The van der Waals surface area contributed by atoms with Crippen LogP contribution in [0.25, 0.3) is 0 Å². The lowest BCUT2D eigenvalue weighted by atomic mass is 9.88. The van der Waals surface area contributed by atoms with Crippen LogP contribution in [0.3, 0.4) is 0 Å². The average molecular weight is 244 g/mol. The summed E-state index contributed by atoms with van der Waals surface area (Å²) in [6.45, 7) is 13.6. The van der Waals surface area contributed by atoms with Crippen LogP contribution in [0.2, 0.25) is 0 Å². The van der Waals surface area contributed by atoms with Crippen LogP contribution in [-0.2, 0) is 4.74 Å². The van der Waals surface area contributed by atoms with E-state index >= 15 is 0 Å². The van der Waals surface area contributed by atoms with Gasteiger partial charge in [0.25, 0.3) is 0 Å². The standard InChI is InChI=1S/C13H28N2O2/c1-11(13(2,3)4)14-9-12(16)10-15-5-7-17-8-6-15/h11-12,14,16H,5-10H2,1-4H3. The first-order chi connectivity index (χ1) is 7.89. The van der Waals surface area contributed by atoms with Crippen molar-refractivity contribution in [3.05, 3.63) is 0 Å². The first-order valence-corrected chi connectivity index (χ1v) is 6.61. The molecule has 2 N–H and O–H groups in total. The van der Waals surface area contributed by atoms with Crippen LogP contribution < -0.4 is 5.32 Å². The zero-order chi connectivity index (χ0) is 12.9. The molecule has 0 saturated carbocycles. The van der Waals surface area contributed by atoms with Crippen molar-refractivity contribution in [3.63, 3.8) is 0 Å². The molecule has 1 rings (SSSR count). The number of rotatable bonds is 5. The van der Waals surface area contributed by atoms with Gasteiger partial charge in [-0.3, -0.25) is 4.90 Å². The molecule has 0 bridgehead atoms. The molecule has 0 amide bonds. The maximum absolute atomic E-state index is 9.97. The van der Waals surface area contributed by atoms with Gasteiger partial charge in [0.2, 0.25) is 0 Å². The molecule has 0 aliphatic carbocycles. The Kier molecular flexibility index (Phi) is 5.86. The Morgan fingerprint density at radius 2 is 1.88 bits per heavy atom. The number of morpholine rings is 1. The number of nitrogens with one attached hydrogen (secondary N) is 1. The third-order valence-corrected chi connectivity index (χ3v) is 3.53. The fourth-order valence-corrected chi connectivity index (χ4v) is 1.77. The molecule has 102 valence electrons. The molecule has 17 heavy (non-hydrogen) atoms. The fourth-order valence-electron chi connectivity index (χ4n) is 1.77. The maximum Gasteiger partial charge on any atom is 0.0791 e. The Balaban J connectivity index is 2.18. The van der Waals surface area contributed by atoms with Gasteiger partial charge in [0.05, 0.1) is 19.3 Å². The minimum Gasteiger partial charge on any atom is -0.390 e. The highest BCUT2D eigenvalue weighted by atomic mass is 16.5. The quantitative estimate of drug-likeness (QED) is 0.747. The van der Waals surface area contributed by atoms with E-state index in [1.807, 2.05) is 0 Å². The lowest BCUT2D eigenvalue weighted by Crippen LogP contribution is -2.47. The smallest absolute Gasteiger partial charge is 0.0791 e. The Hall–Kier alpha value is -0.160. The number of nitrogens with zero attached hydrogens (tertiary/aromatic N) is 1. The molecule has 2 unspecified atom stereocenters. The van der Waals surface area contributed by atoms with E-state index in [1.54, 1.807) is 0 Å². The van der Waals surface area contributed by atoms with Crippen molar-refractivity contribution in [2.24, 2.45) is 5.41 Å². The van der Waals surface area contributed by atoms with E-state index in [0.29, 0.717) is 12.6 Å². The van der Waals surface area contributed by atoms with Crippen molar-refractivity contribution in [3.8, 4) is 0 Å². The number of hydrogen-bond acceptors (Lipinski definition) is 4. The summed E-state index contributed by atoms with van der Waals surface area (Å²) >= 11 is 0. The first kappa shape index (κ1) is 14.9. The van der Waals surface area contributed by atoms with E-state index < -0.39 is 0 Å². The molecule has 4 nitrogen and oxygen atoms in total. The molecule has 4 heteroatoms. The number of ether oxygens (including phenoxy) is 1. The summed E-state index contributed by atoms with van der Waals surface area (Å²) in [6.07, 6.45) is -0.294. The van der Waals surface area contributed by atoms with Crippen LogP contribution in [0.1, 0.15) is 27.7 Å². The molecule has 0 radical (unpaired) electrons. The molecule has 1 saturated heterocycles. The summed E-state index contributed by atoms with van der Waals surface area (Å²) in [5, 5.41) is 13.4. The van der Waals surface area contributed by atoms with Crippen LogP contribution in [0.15, 0.2) is 0 Å². The molecule has 0 aromatic rings. The van der Waals surface area contributed by atoms with Crippen LogP contribution in [-0.4, -0.2) is 61.5 Å². The van der Waals surface area contributed by atoms with E-state index in [0.717, 1.165) is 32.8 Å². The highest BCUT2D eigenvalue weighted by Crippen LogP contribution is 2.18. The molecule has 1 fully saturated rings. The van der Waals surface area contributed by atoms with Gasteiger partial charge in [-0.15, -0.1) is 0 Å². The lowest BCUT2D eigenvalue weighted by Gasteiger charge is -2.31. The lowest BCUT2D eigenvalue weighted by molar-refractivity contribution is 0.0139. The Morgan fingerprint density at radius 3 is 2.41 bits per heavy atom. The summed E-state index contributed by atoms with van der Waals surface area (Å²) in [4.78, 5) is 2.26. The number of aliphatic hydroxyl groups excluding tert-OH is 1. The van der Waals surface area contributed by atoms with E-state index in [4.69, 9.17) is 4.74 Å². The van der Waals surface area contributed by atoms with Gasteiger partial charge < -0.3 is 15.2 Å². The average Bonchev–Trinajstić information content (AvgIpc) is 2.26. The van der Waals surface area contributed by atoms with Crippen molar-refractivity contribution in [1.29, 1.82) is 0 Å². The molecule has 1 aliphatic heterocycles. The van der Waals surface area contributed by atoms with Crippen molar-refractivity contribution in [2.75, 3.05) is 39.4 Å². The van der Waals surface area contributed by atoms with Gasteiger partial charge in [-0.1, -0.05) is 20.8 Å². The second-order valence-corrected chi connectivity index (χ2v) is 6.06.